The molecule has 0 amide bonds. The largest absolute Gasteiger partial charge is 0.384 e. The molecule has 120 valence electrons. The lowest BCUT2D eigenvalue weighted by atomic mass is 9.75. The molecule has 1 atom stereocenters. The van der Waals surface area contributed by atoms with E-state index in [9.17, 15) is 5.11 Å². The van der Waals surface area contributed by atoms with Crippen LogP contribution in [-0.2, 0) is 16.0 Å². The van der Waals surface area contributed by atoms with Gasteiger partial charge in [0.2, 0.25) is 0 Å². The number of methoxy groups -OCH3 is 2. The Morgan fingerprint density at radius 1 is 1.48 bits per heavy atom. The van der Waals surface area contributed by atoms with Gasteiger partial charge in [0.05, 0.1) is 35.7 Å². The summed E-state index contributed by atoms with van der Waals surface area (Å²) in [6, 6.07) is 0. The van der Waals surface area contributed by atoms with Crippen molar-refractivity contribution in [1.82, 2.24) is 9.78 Å². The lowest BCUT2D eigenvalue weighted by Crippen LogP contribution is -2.42. The van der Waals surface area contributed by atoms with Gasteiger partial charge in [-0.2, -0.15) is 5.10 Å². The number of halogens is 1. The van der Waals surface area contributed by atoms with Crippen LogP contribution in [0.1, 0.15) is 44.4 Å². The van der Waals surface area contributed by atoms with E-state index in [-0.39, 0.29) is 0 Å². The number of rotatable bonds is 6. The van der Waals surface area contributed by atoms with E-state index in [0.29, 0.717) is 29.8 Å². The molecule has 1 fully saturated rings. The molecule has 1 heterocycles. The molecule has 1 aliphatic rings. The van der Waals surface area contributed by atoms with E-state index in [0.717, 1.165) is 25.7 Å². The molecule has 0 aliphatic heterocycles. The van der Waals surface area contributed by atoms with Crippen molar-refractivity contribution in [2.75, 3.05) is 20.8 Å². The summed E-state index contributed by atoms with van der Waals surface area (Å²) in [5.41, 5.74) is 0.0613. The molecular weight excluding hydrogens is 292 g/mol. The molecule has 0 aromatic carbocycles. The summed E-state index contributed by atoms with van der Waals surface area (Å²) >= 11 is 6.25. The summed E-state index contributed by atoms with van der Waals surface area (Å²) in [7, 11) is 3.31. The zero-order valence-corrected chi connectivity index (χ0v) is 13.8. The van der Waals surface area contributed by atoms with E-state index >= 15 is 0 Å². The molecule has 1 saturated carbocycles. The Bertz CT molecular complexity index is 456. The number of hydrogen-bond donors (Lipinski definition) is 1. The molecule has 0 radical (unpaired) electrons. The summed E-state index contributed by atoms with van der Waals surface area (Å²) in [5, 5.41) is 15.6. The number of ether oxygens (including phenoxy) is 2. The minimum atomic E-state index is -0.776. The van der Waals surface area contributed by atoms with Crippen LogP contribution in [-0.4, -0.2) is 41.3 Å². The predicted molar refractivity (Wildman–Crippen MR) is 81.4 cm³/mol. The molecule has 1 aromatic heterocycles. The second-order valence-electron chi connectivity index (χ2n) is 5.95. The second kappa shape index (κ2) is 7.09. The maximum absolute atomic E-state index is 10.9. The zero-order chi connectivity index (χ0) is 15.5. The van der Waals surface area contributed by atoms with Crippen LogP contribution < -0.4 is 0 Å². The van der Waals surface area contributed by atoms with Gasteiger partial charge in [-0.25, -0.2) is 0 Å². The monoisotopic (exact) mass is 316 g/mol. The van der Waals surface area contributed by atoms with Gasteiger partial charge in [0.1, 0.15) is 6.10 Å². The van der Waals surface area contributed by atoms with Crippen LogP contribution in [0.2, 0.25) is 5.02 Å². The van der Waals surface area contributed by atoms with Gasteiger partial charge >= 0.3 is 0 Å². The minimum Gasteiger partial charge on any atom is -0.384 e. The van der Waals surface area contributed by atoms with Gasteiger partial charge in [0.15, 0.2) is 0 Å². The highest BCUT2D eigenvalue weighted by Crippen LogP contribution is 2.44. The molecule has 1 N–H and O–H groups in total. The maximum atomic E-state index is 10.9. The van der Waals surface area contributed by atoms with Crippen molar-refractivity contribution in [2.45, 2.75) is 50.9 Å². The number of hydrogen-bond acceptors (Lipinski definition) is 4. The summed E-state index contributed by atoms with van der Waals surface area (Å²) in [6.45, 7) is 3.32. The number of aliphatic hydroxyl groups excluding tert-OH is 1. The first kappa shape index (κ1) is 16.7. The molecular formula is C15H25ClN2O3. The van der Waals surface area contributed by atoms with Gasteiger partial charge in [-0.3, -0.25) is 4.68 Å². The number of nitrogens with zero attached hydrogens (tertiary/aromatic N) is 2. The van der Waals surface area contributed by atoms with Gasteiger partial charge in [-0.1, -0.05) is 18.5 Å². The van der Waals surface area contributed by atoms with Crippen LogP contribution in [0.25, 0.3) is 0 Å². The Hall–Kier alpha value is -0.620. The molecule has 0 saturated heterocycles. The third-order valence-corrected chi connectivity index (χ3v) is 4.92. The summed E-state index contributed by atoms with van der Waals surface area (Å²) < 4.78 is 12.5. The fourth-order valence-corrected chi connectivity index (χ4v) is 3.33. The van der Waals surface area contributed by atoms with Gasteiger partial charge < -0.3 is 14.6 Å². The summed E-state index contributed by atoms with van der Waals surface area (Å²) in [5.74, 6) is 0.675. The standard InChI is InChI=1S/C15H25ClN2O3/c1-11-4-6-15(21-3,7-5-11)14(19)13-12(16)10-17-18(13)8-9-20-2/h10-11,14,19H,4-9H2,1-3H3. The van der Waals surface area contributed by atoms with Crippen molar-refractivity contribution >= 4 is 11.6 Å². The van der Waals surface area contributed by atoms with Crippen LogP contribution in [0, 0.1) is 5.92 Å². The second-order valence-corrected chi connectivity index (χ2v) is 6.35. The van der Waals surface area contributed by atoms with E-state index in [1.54, 1.807) is 25.1 Å². The van der Waals surface area contributed by atoms with Crippen LogP contribution in [0.4, 0.5) is 0 Å². The van der Waals surface area contributed by atoms with Crippen molar-refractivity contribution < 1.29 is 14.6 Å². The lowest BCUT2D eigenvalue weighted by molar-refractivity contribution is -0.133. The molecule has 6 heteroatoms. The van der Waals surface area contributed by atoms with Crippen molar-refractivity contribution in [3.8, 4) is 0 Å². The third-order valence-electron chi connectivity index (χ3n) is 4.62. The van der Waals surface area contributed by atoms with Crippen LogP contribution in [0.3, 0.4) is 0 Å². The fourth-order valence-electron chi connectivity index (χ4n) is 3.09. The first-order valence-corrected chi connectivity index (χ1v) is 7.85. The van der Waals surface area contributed by atoms with Gasteiger partial charge in [-0.15, -0.1) is 0 Å². The minimum absolute atomic E-state index is 0.480. The predicted octanol–water partition coefficient (Wildman–Crippen LogP) is 2.81. The average Bonchev–Trinajstić information content (AvgIpc) is 2.86. The van der Waals surface area contributed by atoms with E-state index in [2.05, 4.69) is 12.0 Å². The Morgan fingerprint density at radius 2 is 2.14 bits per heavy atom. The SMILES string of the molecule is COCCn1ncc(Cl)c1C(O)C1(OC)CCC(C)CC1. The van der Waals surface area contributed by atoms with Crippen LogP contribution >= 0.6 is 11.6 Å². The molecule has 1 aromatic rings. The average molecular weight is 317 g/mol. The molecule has 0 spiro atoms. The normalized spacial score (nSPS) is 27.8. The lowest BCUT2D eigenvalue weighted by Gasteiger charge is -2.41. The maximum Gasteiger partial charge on any atom is 0.126 e. The zero-order valence-electron chi connectivity index (χ0n) is 13.0. The van der Waals surface area contributed by atoms with Crippen molar-refractivity contribution in [2.24, 2.45) is 5.92 Å². The Morgan fingerprint density at radius 3 is 2.71 bits per heavy atom. The smallest absolute Gasteiger partial charge is 0.126 e. The van der Waals surface area contributed by atoms with E-state index in [1.165, 1.54) is 0 Å². The number of aliphatic hydroxyl groups is 1. The first-order valence-electron chi connectivity index (χ1n) is 7.47. The van der Waals surface area contributed by atoms with Gasteiger partial charge in [0.25, 0.3) is 0 Å². The molecule has 1 aliphatic carbocycles. The Kier molecular flexibility index (Phi) is 5.66. The molecule has 2 rings (SSSR count). The highest BCUT2D eigenvalue weighted by atomic mass is 35.5. The van der Waals surface area contributed by atoms with Gasteiger partial charge in [-0.05, 0) is 31.6 Å². The van der Waals surface area contributed by atoms with E-state index < -0.39 is 11.7 Å². The molecule has 1 unspecified atom stereocenters. The molecule has 21 heavy (non-hydrogen) atoms. The highest BCUT2D eigenvalue weighted by molar-refractivity contribution is 6.31. The first-order chi connectivity index (χ1) is 10.0. The molecule has 5 nitrogen and oxygen atoms in total. The van der Waals surface area contributed by atoms with Crippen LogP contribution in [0.5, 0.6) is 0 Å². The van der Waals surface area contributed by atoms with Gasteiger partial charge in [0, 0.05) is 14.2 Å². The molecule has 0 bridgehead atoms. The Labute approximate surface area is 131 Å². The van der Waals surface area contributed by atoms with Crippen molar-refractivity contribution in [1.29, 1.82) is 0 Å². The topological polar surface area (TPSA) is 56.5 Å². The Balaban J connectivity index is 2.25. The summed E-state index contributed by atoms with van der Waals surface area (Å²) in [4.78, 5) is 0. The van der Waals surface area contributed by atoms with E-state index in [4.69, 9.17) is 21.1 Å². The van der Waals surface area contributed by atoms with E-state index in [1.807, 2.05) is 0 Å². The van der Waals surface area contributed by atoms with Crippen LogP contribution in [0.15, 0.2) is 6.20 Å². The van der Waals surface area contributed by atoms with Crippen molar-refractivity contribution in [3.05, 3.63) is 16.9 Å². The third kappa shape index (κ3) is 3.42. The summed E-state index contributed by atoms with van der Waals surface area (Å²) in [6.07, 6.45) is 4.56. The van der Waals surface area contributed by atoms with Crippen molar-refractivity contribution in [3.63, 3.8) is 0 Å². The quantitative estimate of drug-likeness (QED) is 0.877. The fraction of sp³-hybridized carbons (Fsp3) is 0.800. The highest BCUT2D eigenvalue weighted by Gasteiger charge is 2.43. The number of aromatic nitrogens is 2.